The van der Waals surface area contributed by atoms with Crippen LogP contribution in [0.3, 0.4) is 0 Å². The number of phenolic OH excluding ortho intramolecular Hbond substituents is 1. The number of nitrogens with one attached hydrogen (secondary N) is 1. The summed E-state index contributed by atoms with van der Waals surface area (Å²) >= 11 is 1.31. The summed E-state index contributed by atoms with van der Waals surface area (Å²) in [6, 6.07) is 22.6. The van der Waals surface area contributed by atoms with Crippen LogP contribution in [0.25, 0.3) is 10.8 Å². The topological polar surface area (TPSA) is 110 Å². The highest BCUT2D eigenvalue weighted by molar-refractivity contribution is 7.99. The molecule has 0 unspecified atom stereocenters. The standard InChI is InChI=1S/C22H16N2O5S2/c25-22-19-9-5-4-8-18(19)20(14-21(22)30-16-6-2-1-3-7-16)23-31(28,29)17-12-10-15(11-13-17)24(26)27/h1-14,23,25H. The fraction of sp³-hybridized carbons (Fsp3) is 0. The van der Waals surface area contributed by atoms with Crippen LogP contribution in [-0.2, 0) is 10.0 Å². The molecule has 0 saturated carbocycles. The first-order valence-corrected chi connectivity index (χ1v) is 11.4. The summed E-state index contributed by atoms with van der Waals surface area (Å²) in [5.41, 5.74) is 0.0979. The van der Waals surface area contributed by atoms with E-state index in [0.717, 1.165) is 17.0 Å². The van der Waals surface area contributed by atoms with Crippen LogP contribution >= 0.6 is 11.8 Å². The van der Waals surface area contributed by atoms with Gasteiger partial charge < -0.3 is 5.11 Å². The number of anilines is 1. The van der Waals surface area contributed by atoms with Crippen LogP contribution in [0, 0.1) is 10.1 Å². The minimum absolute atomic E-state index is 0.0581. The lowest BCUT2D eigenvalue weighted by Crippen LogP contribution is -2.13. The predicted octanol–water partition coefficient (Wildman–Crippen LogP) is 5.41. The second kappa shape index (κ2) is 8.29. The maximum atomic E-state index is 12.9. The molecule has 4 aromatic carbocycles. The van der Waals surface area contributed by atoms with E-state index in [9.17, 15) is 23.6 Å². The number of non-ortho nitro benzene ring substituents is 1. The van der Waals surface area contributed by atoms with E-state index in [1.54, 1.807) is 30.3 Å². The van der Waals surface area contributed by atoms with Crippen LogP contribution < -0.4 is 4.72 Å². The van der Waals surface area contributed by atoms with Crippen molar-refractivity contribution in [3.63, 3.8) is 0 Å². The normalized spacial score (nSPS) is 11.4. The van der Waals surface area contributed by atoms with Crippen LogP contribution in [0.15, 0.2) is 99.6 Å². The molecule has 0 heterocycles. The number of nitro groups is 1. The molecule has 0 aliphatic heterocycles. The number of nitro benzene ring substituents is 1. The third-order valence-electron chi connectivity index (χ3n) is 4.55. The fourth-order valence-corrected chi connectivity index (χ4v) is 5.06. The van der Waals surface area contributed by atoms with Crippen molar-refractivity contribution in [1.82, 2.24) is 0 Å². The Morgan fingerprint density at radius 3 is 2.13 bits per heavy atom. The highest BCUT2D eigenvalue weighted by atomic mass is 32.2. The average molecular weight is 453 g/mol. The van der Waals surface area contributed by atoms with Gasteiger partial charge in [-0.1, -0.05) is 54.2 Å². The first kappa shape index (κ1) is 20.7. The van der Waals surface area contributed by atoms with E-state index < -0.39 is 14.9 Å². The van der Waals surface area contributed by atoms with Gasteiger partial charge in [0.1, 0.15) is 5.75 Å². The zero-order valence-corrected chi connectivity index (χ0v) is 17.6. The lowest BCUT2D eigenvalue weighted by atomic mass is 10.1. The van der Waals surface area contributed by atoms with Gasteiger partial charge in [-0.3, -0.25) is 14.8 Å². The van der Waals surface area contributed by atoms with Gasteiger partial charge in [-0.2, -0.15) is 0 Å². The summed E-state index contributed by atoms with van der Waals surface area (Å²) in [5.74, 6) is 0.0581. The Kier molecular flexibility index (Phi) is 5.53. The second-order valence-corrected chi connectivity index (χ2v) is 9.39. The van der Waals surface area contributed by atoms with Crippen molar-refractivity contribution in [1.29, 1.82) is 0 Å². The predicted molar refractivity (Wildman–Crippen MR) is 120 cm³/mol. The molecule has 0 bridgehead atoms. The van der Waals surface area contributed by atoms with Crippen LogP contribution in [0.2, 0.25) is 0 Å². The summed E-state index contributed by atoms with van der Waals surface area (Å²) in [6.45, 7) is 0. The number of rotatable bonds is 6. The lowest BCUT2D eigenvalue weighted by Gasteiger charge is -2.15. The summed E-state index contributed by atoms with van der Waals surface area (Å²) in [7, 11) is -4.01. The summed E-state index contributed by atoms with van der Waals surface area (Å²) in [5, 5.41) is 22.6. The summed E-state index contributed by atoms with van der Waals surface area (Å²) in [4.78, 5) is 11.5. The molecule has 0 atom stereocenters. The molecule has 2 N–H and O–H groups in total. The third kappa shape index (κ3) is 4.32. The van der Waals surface area contributed by atoms with Gasteiger partial charge in [-0.15, -0.1) is 0 Å². The van der Waals surface area contributed by atoms with Gasteiger partial charge in [0.05, 0.1) is 20.4 Å². The number of hydrogen-bond acceptors (Lipinski definition) is 6. The number of benzene rings is 4. The fourth-order valence-electron chi connectivity index (χ4n) is 3.06. The number of fused-ring (bicyclic) bond motifs is 1. The van der Waals surface area contributed by atoms with Crippen LogP contribution in [0.5, 0.6) is 5.75 Å². The van der Waals surface area contributed by atoms with Gasteiger partial charge >= 0.3 is 0 Å². The van der Waals surface area contributed by atoms with Crippen molar-refractivity contribution in [3.05, 3.63) is 95.0 Å². The first-order chi connectivity index (χ1) is 14.8. The second-order valence-electron chi connectivity index (χ2n) is 6.59. The summed E-state index contributed by atoms with van der Waals surface area (Å²) < 4.78 is 28.4. The molecule has 0 fully saturated rings. The molecular weight excluding hydrogens is 436 g/mol. The molecule has 4 aromatic rings. The van der Waals surface area contributed by atoms with Crippen molar-refractivity contribution in [2.75, 3.05) is 4.72 Å². The van der Waals surface area contributed by atoms with Gasteiger partial charge in [0.25, 0.3) is 15.7 Å². The van der Waals surface area contributed by atoms with Gasteiger partial charge in [0.15, 0.2) is 0 Å². The zero-order chi connectivity index (χ0) is 22.0. The zero-order valence-electron chi connectivity index (χ0n) is 15.9. The SMILES string of the molecule is O=[N+]([O-])c1ccc(S(=O)(=O)Nc2cc(Sc3ccccc3)c(O)c3ccccc23)cc1. The van der Waals surface area contributed by atoms with Gasteiger partial charge in [0, 0.05) is 27.8 Å². The third-order valence-corrected chi connectivity index (χ3v) is 6.97. The Morgan fingerprint density at radius 1 is 0.871 bits per heavy atom. The van der Waals surface area contributed by atoms with E-state index in [-0.39, 0.29) is 16.3 Å². The van der Waals surface area contributed by atoms with E-state index in [1.165, 1.54) is 23.9 Å². The van der Waals surface area contributed by atoms with Crippen LogP contribution in [0.4, 0.5) is 11.4 Å². The van der Waals surface area contributed by atoms with E-state index in [0.29, 0.717) is 21.4 Å². The molecule has 4 rings (SSSR count). The molecule has 0 saturated heterocycles. The van der Waals surface area contributed by atoms with E-state index in [4.69, 9.17) is 0 Å². The molecule has 7 nitrogen and oxygen atoms in total. The lowest BCUT2D eigenvalue weighted by molar-refractivity contribution is -0.384. The molecule has 0 aliphatic rings. The van der Waals surface area contributed by atoms with Crippen molar-refractivity contribution in [2.24, 2.45) is 0 Å². The van der Waals surface area contributed by atoms with E-state index in [2.05, 4.69) is 4.72 Å². The Hall–Kier alpha value is -3.56. The highest BCUT2D eigenvalue weighted by Gasteiger charge is 2.20. The van der Waals surface area contributed by atoms with Gasteiger partial charge in [-0.25, -0.2) is 8.42 Å². The van der Waals surface area contributed by atoms with Crippen molar-refractivity contribution in [2.45, 2.75) is 14.7 Å². The Labute approximate surface area is 182 Å². The van der Waals surface area contributed by atoms with E-state index in [1.807, 2.05) is 30.3 Å². The van der Waals surface area contributed by atoms with E-state index >= 15 is 0 Å². The molecule has 31 heavy (non-hydrogen) atoms. The van der Waals surface area contributed by atoms with Crippen LogP contribution in [-0.4, -0.2) is 18.4 Å². The van der Waals surface area contributed by atoms with Crippen LogP contribution in [0.1, 0.15) is 0 Å². The number of sulfonamides is 1. The molecule has 9 heteroatoms. The number of nitrogens with zero attached hydrogens (tertiary/aromatic N) is 1. The maximum Gasteiger partial charge on any atom is 0.269 e. The van der Waals surface area contributed by atoms with Gasteiger partial charge in [-0.05, 0) is 30.3 Å². The highest BCUT2D eigenvalue weighted by Crippen LogP contribution is 2.42. The monoisotopic (exact) mass is 452 g/mol. The average Bonchev–Trinajstić information content (AvgIpc) is 2.77. The number of aromatic hydroxyl groups is 1. The Bertz CT molecular complexity index is 1370. The minimum Gasteiger partial charge on any atom is -0.506 e. The molecule has 0 aromatic heterocycles. The van der Waals surface area contributed by atoms with Crippen molar-refractivity contribution in [3.8, 4) is 5.75 Å². The smallest absolute Gasteiger partial charge is 0.269 e. The molecule has 156 valence electrons. The van der Waals surface area contributed by atoms with Crippen molar-refractivity contribution >= 4 is 43.9 Å². The molecule has 0 amide bonds. The molecule has 0 aliphatic carbocycles. The first-order valence-electron chi connectivity index (χ1n) is 9.10. The maximum absolute atomic E-state index is 12.9. The Morgan fingerprint density at radius 2 is 1.48 bits per heavy atom. The number of hydrogen-bond donors (Lipinski definition) is 2. The molecular formula is C22H16N2O5S2. The van der Waals surface area contributed by atoms with Crippen molar-refractivity contribution < 1.29 is 18.4 Å². The van der Waals surface area contributed by atoms with Gasteiger partial charge in [0.2, 0.25) is 0 Å². The molecule has 0 radical (unpaired) electrons. The Balaban J connectivity index is 1.77. The summed E-state index contributed by atoms with van der Waals surface area (Å²) in [6.07, 6.45) is 0. The number of phenols is 1. The molecule has 0 spiro atoms. The minimum atomic E-state index is -4.01. The largest absolute Gasteiger partial charge is 0.506 e. The quantitative estimate of drug-likeness (QED) is 0.230.